The molecular weight excluding hydrogens is 1220 g/mol. The molecule has 0 amide bonds. The Hall–Kier alpha value is -1.94. The number of esters is 4. The molecule has 0 saturated carbocycles. The summed E-state index contributed by atoms with van der Waals surface area (Å²) in [5.74, 6) is 0.922. The molecular formula is C74H144O17P2. The van der Waals surface area contributed by atoms with Gasteiger partial charge < -0.3 is 33.8 Å². The minimum absolute atomic E-state index is 0.104. The van der Waals surface area contributed by atoms with Crippen molar-refractivity contribution in [2.24, 2.45) is 23.7 Å². The number of phosphoric acid groups is 2. The quantitative estimate of drug-likeness (QED) is 0.0222. The molecule has 0 aromatic heterocycles. The predicted octanol–water partition coefficient (Wildman–Crippen LogP) is 21.3. The molecule has 0 aliphatic heterocycles. The van der Waals surface area contributed by atoms with Crippen LogP contribution in [-0.2, 0) is 65.4 Å². The average molecular weight is 1370 g/mol. The second-order valence-electron chi connectivity index (χ2n) is 28.1. The Kier molecular flexibility index (Phi) is 62.2. The topological polar surface area (TPSA) is 237 Å². The molecule has 0 fully saturated rings. The predicted molar refractivity (Wildman–Crippen MR) is 377 cm³/mol. The number of rotatable bonds is 71. The van der Waals surface area contributed by atoms with Gasteiger partial charge in [0, 0.05) is 25.7 Å². The van der Waals surface area contributed by atoms with E-state index in [0.29, 0.717) is 25.7 Å². The zero-order valence-electron chi connectivity index (χ0n) is 60.9. The monoisotopic (exact) mass is 1370 g/mol. The van der Waals surface area contributed by atoms with Gasteiger partial charge >= 0.3 is 39.5 Å². The lowest BCUT2D eigenvalue weighted by atomic mass is 9.99. The van der Waals surface area contributed by atoms with Crippen molar-refractivity contribution in [1.82, 2.24) is 0 Å². The van der Waals surface area contributed by atoms with Gasteiger partial charge in [-0.3, -0.25) is 37.3 Å². The lowest BCUT2D eigenvalue weighted by Crippen LogP contribution is -2.30. The van der Waals surface area contributed by atoms with Gasteiger partial charge in [0.25, 0.3) is 0 Å². The molecule has 0 aromatic carbocycles. The van der Waals surface area contributed by atoms with Gasteiger partial charge in [-0.2, -0.15) is 0 Å². The highest BCUT2D eigenvalue weighted by Crippen LogP contribution is 2.45. The van der Waals surface area contributed by atoms with Crippen molar-refractivity contribution >= 4 is 39.5 Å². The highest BCUT2D eigenvalue weighted by molar-refractivity contribution is 7.47. The summed E-state index contributed by atoms with van der Waals surface area (Å²) in [6.07, 6.45) is 47.3. The van der Waals surface area contributed by atoms with E-state index in [1.165, 1.54) is 167 Å². The number of carbonyl (C=O) groups excluding carboxylic acids is 4. The average Bonchev–Trinajstić information content (AvgIpc) is 1.98. The highest BCUT2D eigenvalue weighted by Gasteiger charge is 2.30. The van der Waals surface area contributed by atoms with Crippen LogP contribution in [-0.4, -0.2) is 96.7 Å². The van der Waals surface area contributed by atoms with Gasteiger partial charge in [0.15, 0.2) is 12.2 Å². The molecule has 0 saturated heterocycles. The number of hydrogen-bond acceptors (Lipinski definition) is 15. The third kappa shape index (κ3) is 65.8. The van der Waals surface area contributed by atoms with E-state index in [-0.39, 0.29) is 25.7 Å². The Morgan fingerprint density at radius 1 is 0.301 bits per heavy atom. The highest BCUT2D eigenvalue weighted by atomic mass is 31.2. The minimum atomic E-state index is -4.96. The molecule has 0 heterocycles. The van der Waals surface area contributed by atoms with Crippen LogP contribution in [0.25, 0.3) is 0 Å². The summed E-state index contributed by atoms with van der Waals surface area (Å²) in [4.78, 5) is 72.7. The standard InChI is InChI=1S/C74H144O17P2/c1-9-66(7)52-44-36-28-24-25-31-41-49-57-74(79)91-69(60-84-71(76)54-46-38-29-22-18-16-14-12-11-13-15-17-20-26-34-42-50-64(3)4)62-88-92(80,81)86-58-68(75)59-87-93(82,83)89-63-70(61-85-72(77)55-47-39-33-32-37-45-53-67(8)10-2)90-73(78)56-48-40-30-23-19-21-27-35-43-51-65(5)6/h64-70,75H,9-63H2,1-8H3,(H,80,81)(H,82,83)/t66?,67?,68-,69-,70-/m1/s1. The third-order valence-corrected chi connectivity index (χ3v) is 19.7. The number of aliphatic hydroxyl groups excluding tert-OH is 1. The molecule has 93 heavy (non-hydrogen) atoms. The Morgan fingerprint density at radius 3 is 0.763 bits per heavy atom. The van der Waals surface area contributed by atoms with Crippen LogP contribution in [0.4, 0.5) is 0 Å². The maximum Gasteiger partial charge on any atom is 0.472 e. The van der Waals surface area contributed by atoms with E-state index in [1.807, 2.05) is 0 Å². The second-order valence-corrected chi connectivity index (χ2v) is 31.0. The van der Waals surface area contributed by atoms with E-state index in [9.17, 15) is 43.2 Å². The van der Waals surface area contributed by atoms with Crippen molar-refractivity contribution in [3.63, 3.8) is 0 Å². The molecule has 0 spiro atoms. The van der Waals surface area contributed by atoms with Crippen LogP contribution in [0, 0.1) is 23.7 Å². The Bertz CT molecular complexity index is 1840. The molecule has 7 atom stereocenters. The van der Waals surface area contributed by atoms with Crippen molar-refractivity contribution in [1.29, 1.82) is 0 Å². The zero-order valence-corrected chi connectivity index (χ0v) is 62.7. The SMILES string of the molecule is CCC(C)CCCCCCCCCCC(=O)O[C@H](COC(=O)CCCCCCCCCCCCCCCCCCC(C)C)COP(=O)(O)OC[C@@H](O)COP(=O)(O)OC[C@@H](COC(=O)CCCCCCCCC(C)CC)OC(=O)CCCCCCCCCCCC(C)C. The summed E-state index contributed by atoms with van der Waals surface area (Å²) in [5.41, 5.74) is 0. The van der Waals surface area contributed by atoms with E-state index in [0.717, 1.165) is 120 Å². The molecule has 0 aliphatic carbocycles. The lowest BCUT2D eigenvalue weighted by molar-refractivity contribution is -0.161. The van der Waals surface area contributed by atoms with Crippen LogP contribution in [0.5, 0.6) is 0 Å². The number of phosphoric ester groups is 2. The van der Waals surface area contributed by atoms with Gasteiger partial charge in [-0.15, -0.1) is 0 Å². The fraction of sp³-hybridized carbons (Fsp3) is 0.946. The van der Waals surface area contributed by atoms with E-state index in [4.69, 9.17) is 37.0 Å². The number of hydrogen-bond donors (Lipinski definition) is 3. The Balaban J connectivity index is 5.21. The van der Waals surface area contributed by atoms with E-state index < -0.39 is 97.5 Å². The Morgan fingerprint density at radius 2 is 0.516 bits per heavy atom. The molecule has 0 rings (SSSR count). The van der Waals surface area contributed by atoms with E-state index >= 15 is 0 Å². The van der Waals surface area contributed by atoms with E-state index in [1.54, 1.807) is 0 Å². The molecule has 0 radical (unpaired) electrons. The van der Waals surface area contributed by atoms with Crippen molar-refractivity contribution in [2.75, 3.05) is 39.6 Å². The number of unbranched alkanes of at least 4 members (excludes halogenated alkanes) is 35. The van der Waals surface area contributed by atoms with Crippen LogP contribution in [0.2, 0.25) is 0 Å². The fourth-order valence-corrected chi connectivity index (χ4v) is 12.7. The normalized spacial score (nSPS) is 14.8. The van der Waals surface area contributed by atoms with Gasteiger partial charge in [0.05, 0.1) is 26.4 Å². The number of ether oxygens (including phenoxy) is 4. The molecule has 0 bridgehead atoms. The van der Waals surface area contributed by atoms with Crippen molar-refractivity contribution in [2.45, 2.75) is 388 Å². The molecule has 0 aromatic rings. The zero-order chi connectivity index (χ0) is 68.9. The third-order valence-electron chi connectivity index (χ3n) is 17.8. The van der Waals surface area contributed by atoms with E-state index in [2.05, 4.69) is 55.4 Å². The lowest BCUT2D eigenvalue weighted by Gasteiger charge is -2.21. The summed E-state index contributed by atoms with van der Waals surface area (Å²) in [6.45, 7) is 14.1. The van der Waals surface area contributed by atoms with Crippen LogP contribution in [0.3, 0.4) is 0 Å². The molecule has 552 valence electrons. The summed E-state index contributed by atoms with van der Waals surface area (Å²) >= 11 is 0. The molecule has 3 N–H and O–H groups in total. The smallest absolute Gasteiger partial charge is 0.462 e. The number of aliphatic hydroxyl groups is 1. The first kappa shape index (κ1) is 91.1. The first-order chi connectivity index (χ1) is 44.7. The van der Waals surface area contributed by atoms with Crippen LogP contribution < -0.4 is 0 Å². The maximum absolute atomic E-state index is 13.1. The molecule has 4 unspecified atom stereocenters. The van der Waals surface area contributed by atoms with Gasteiger partial charge in [0.2, 0.25) is 0 Å². The van der Waals surface area contributed by atoms with Gasteiger partial charge in [-0.05, 0) is 49.4 Å². The first-order valence-corrected chi connectivity index (χ1v) is 41.3. The van der Waals surface area contributed by atoms with Crippen LogP contribution >= 0.6 is 15.6 Å². The number of carbonyl (C=O) groups is 4. The van der Waals surface area contributed by atoms with Gasteiger partial charge in [-0.25, -0.2) is 9.13 Å². The second kappa shape index (κ2) is 63.5. The summed E-state index contributed by atoms with van der Waals surface area (Å²) in [5, 5.41) is 10.6. The minimum Gasteiger partial charge on any atom is -0.462 e. The summed E-state index contributed by atoms with van der Waals surface area (Å²) in [6, 6.07) is 0. The summed E-state index contributed by atoms with van der Waals surface area (Å²) in [7, 11) is -9.91. The van der Waals surface area contributed by atoms with Crippen LogP contribution in [0.1, 0.15) is 370 Å². The van der Waals surface area contributed by atoms with Crippen molar-refractivity contribution in [3.05, 3.63) is 0 Å². The van der Waals surface area contributed by atoms with Crippen LogP contribution in [0.15, 0.2) is 0 Å². The summed E-state index contributed by atoms with van der Waals surface area (Å²) < 4.78 is 68.4. The molecule has 17 nitrogen and oxygen atoms in total. The maximum atomic E-state index is 13.1. The van der Waals surface area contributed by atoms with Crippen molar-refractivity contribution in [3.8, 4) is 0 Å². The fourth-order valence-electron chi connectivity index (χ4n) is 11.1. The van der Waals surface area contributed by atoms with Crippen molar-refractivity contribution < 1.29 is 80.2 Å². The van der Waals surface area contributed by atoms with Gasteiger partial charge in [-0.1, -0.05) is 319 Å². The molecule has 0 aliphatic rings. The van der Waals surface area contributed by atoms with Gasteiger partial charge in [0.1, 0.15) is 19.3 Å². The Labute approximate surface area is 568 Å². The largest absolute Gasteiger partial charge is 0.472 e. The molecule has 19 heteroatoms. The first-order valence-electron chi connectivity index (χ1n) is 38.3.